The number of aliphatic hydroxyl groups is 1. The zero-order chi connectivity index (χ0) is 15.1. The number of aromatic amines is 2. The quantitative estimate of drug-likeness (QED) is 0.598. The predicted octanol–water partition coefficient (Wildman–Crippen LogP) is 3.60. The molecule has 0 radical (unpaired) electrons. The van der Waals surface area contributed by atoms with Gasteiger partial charge in [-0.05, 0) is 34.1 Å². The van der Waals surface area contributed by atoms with Gasteiger partial charge in [-0.2, -0.15) is 0 Å². The molecule has 3 aromatic rings. The van der Waals surface area contributed by atoms with Gasteiger partial charge < -0.3 is 15.1 Å². The highest BCUT2D eigenvalue weighted by Crippen LogP contribution is 2.35. The molecular formula is C14H9Br2FN2O2. The fourth-order valence-electron chi connectivity index (χ4n) is 2.18. The van der Waals surface area contributed by atoms with Crippen LogP contribution in [0.5, 0.6) is 0 Å². The number of hydrogen-bond donors (Lipinski definition) is 3. The molecule has 0 saturated heterocycles. The molecule has 0 fully saturated rings. The van der Waals surface area contributed by atoms with Crippen LogP contribution in [-0.2, 0) is 0 Å². The molecule has 21 heavy (non-hydrogen) atoms. The average Bonchev–Trinajstić information content (AvgIpc) is 2.79. The highest BCUT2D eigenvalue weighted by molar-refractivity contribution is 9.10. The number of hydrogen-bond acceptors (Lipinski definition) is 2. The summed E-state index contributed by atoms with van der Waals surface area (Å²) in [6.45, 7) is 0. The van der Waals surface area contributed by atoms with Crippen molar-refractivity contribution < 1.29 is 9.50 Å². The fraction of sp³-hybridized carbons (Fsp3) is 0.0714. The van der Waals surface area contributed by atoms with Gasteiger partial charge in [-0.15, -0.1) is 0 Å². The summed E-state index contributed by atoms with van der Waals surface area (Å²) in [4.78, 5) is 16.6. The number of imidazole rings is 1. The first-order valence-corrected chi connectivity index (χ1v) is 7.59. The number of aliphatic hydroxyl groups excluding tert-OH is 1. The van der Waals surface area contributed by atoms with Crippen molar-refractivity contribution >= 4 is 42.9 Å². The number of benzene rings is 2. The third-order valence-corrected chi connectivity index (χ3v) is 4.73. The van der Waals surface area contributed by atoms with Gasteiger partial charge in [0.25, 0.3) is 0 Å². The lowest BCUT2D eigenvalue weighted by Crippen LogP contribution is -2.03. The zero-order valence-corrected chi connectivity index (χ0v) is 13.6. The Balaban J connectivity index is 2.16. The van der Waals surface area contributed by atoms with Crippen molar-refractivity contribution in [3.63, 3.8) is 0 Å². The predicted molar refractivity (Wildman–Crippen MR) is 84.8 cm³/mol. The Bertz CT molecular complexity index is 888. The second-order valence-corrected chi connectivity index (χ2v) is 6.19. The largest absolute Gasteiger partial charge is 0.384 e. The van der Waals surface area contributed by atoms with Crippen molar-refractivity contribution in [1.29, 1.82) is 0 Å². The van der Waals surface area contributed by atoms with E-state index in [1.807, 2.05) is 0 Å². The molecule has 0 aliphatic rings. The van der Waals surface area contributed by atoms with Crippen molar-refractivity contribution in [3.05, 3.63) is 66.7 Å². The molecule has 1 aromatic heterocycles. The molecule has 3 N–H and O–H groups in total. The molecule has 3 rings (SSSR count). The topological polar surface area (TPSA) is 68.9 Å². The Morgan fingerprint density at radius 1 is 1.10 bits per heavy atom. The maximum atomic E-state index is 13.6. The van der Waals surface area contributed by atoms with E-state index >= 15 is 0 Å². The lowest BCUT2D eigenvalue weighted by molar-refractivity contribution is 0.218. The molecule has 0 aliphatic heterocycles. The molecule has 1 atom stereocenters. The molecule has 1 heterocycles. The van der Waals surface area contributed by atoms with Gasteiger partial charge in [-0.3, -0.25) is 0 Å². The van der Waals surface area contributed by atoms with Gasteiger partial charge >= 0.3 is 5.69 Å². The highest BCUT2D eigenvalue weighted by Gasteiger charge is 2.19. The maximum absolute atomic E-state index is 13.6. The Kier molecular flexibility index (Phi) is 3.73. The summed E-state index contributed by atoms with van der Waals surface area (Å²) in [5, 5.41) is 10.5. The Morgan fingerprint density at radius 2 is 1.76 bits per heavy atom. The van der Waals surface area contributed by atoms with E-state index in [1.54, 1.807) is 18.2 Å². The van der Waals surface area contributed by atoms with Gasteiger partial charge in [0.05, 0.1) is 15.5 Å². The second-order valence-electron chi connectivity index (χ2n) is 4.54. The van der Waals surface area contributed by atoms with Crippen LogP contribution in [0.15, 0.2) is 44.1 Å². The summed E-state index contributed by atoms with van der Waals surface area (Å²) in [5.74, 6) is -0.446. The second kappa shape index (κ2) is 5.40. The molecular weight excluding hydrogens is 407 g/mol. The van der Waals surface area contributed by atoms with Gasteiger partial charge in [0.1, 0.15) is 11.9 Å². The lowest BCUT2D eigenvalue weighted by Gasteiger charge is -2.15. The third-order valence-electron chi connectivity index (χ3n) is 3.20. The Hall–Kier alpha value is -1.44. The summed E-state index contributed by atoms with van der Waals surface area (Å²) >= 11 is 6.50. The minimum atomic E-state index is -1.03. The van der Waals surface area contributed by atoms with Gasteiger partial charge in [-0.25, -0.2) is 9.18 Å². The molecule has 2 aromatic carbocycles. The van der Waals surface area contributed by atoms with Crippen LogP contribution >= 0.6 is 31.9 Å². The normalized spacial score (nSPS) is 12.8. The number of rotatable bonds is 2. The van der Waals surface area contributed by atoms with E-state index < -0.39 is 11.9 Å². The number of H-pyrrole nitrogens is 2. The van der Waals surface area contributed by atoms with E-state index in [-0.39, 0.29) is 10.2 Å². The van der Waals surface area contributed by atoms with Crippen LogP contribution in [-0.4, -0.2) is 15.1 Å². The van der Waals surface area contributed by atoms with E-state index in [4.69, 9.17) is 0 Å². The van der Waals surface area contributed by atoms with Crippen LogP contribution in [0, 0.1) is 5.82 Å². The van der Waals surface area contributed by atoms with Crippen molar-refractivity contribution in [1.82, 2.24) is 9.97 Å². The van der Waals surface area contributed by atoms with Crippen LogP contribution in [0.25, 0.3) is 11.0 Å². The number of halogens is 3. The highest BCUT2D eigenvalue weighted by atomic mass is 79.9. The molecule has 1 unspecified atom stereocenters. The molecule has 0 saturated carbocycles. The van der Waals surface area contributed by atoms with E-state index in [0.29, 0.717) is 26.6 Å². The average molecular weight is 416 g/mol. The summed E-state index contributed by atoms with van der Waals surface area (Å²) in [6.07, 6.45) is -1.03. The van der Waals surface area contributed by atoms with Crippen LogP contribution in [0.2, 0.25) is 0 Å². The first-order valence-electron chi connectivity index (χ1n) is 6.01. The number of fused-ring (bicyclic) bond motifs is 1. The van der Waals surface area contributed by atoms with Gasteiger partial charge in [-0.1, -0.05) is 28.1 Å². The zero-order valence-electron chi connectivity index (χ0n) is 10.5. The minimum Gasteiger partial charge on any atom is -0.384 e. The molecule has 0 aliphatic carbocycles. The first kappa shape index (κ1) is 14.5. The molecule has 0 bridgehead atoms. The minimum absolute atomic E-state index is 0.215. The molecule has 108 valence electrons. The van der Waals surface area contributed by atoms with E-state index in [2.05, 4.69) is 41.8 Å². The standard InChI is InChI=1S/C14H9Br2FN2O2/c15-8-5-11-10(18-14(21)19-11)4-7(8)13(20)6-2-1-3-9(17)12(6)16/h1-5,13,20H,(H2,18,19,21). The first-order chi connectivity index (χ1) is 9.97. The van der Waals surface area contributed by atoms with Gasteiger partial charge in [0, 0.05) is 15.6 Å². The van der Waals surface area contributed by atoms with Gasteiger partial charge in [0.15, 0.2) is 0 Å². The third kappa shape index (κ3) is 2.56. The van der Waals surface area contributed by atoms with E-state index in [0.717, 1.165) is 0 Å². The maximum Gasteiger partial charge on any atom is 0.323 e. The fourth-order valence-corrected chi connectivity index (χ4v) is 3.22. The van der Waals surface area contributed by atoms with E-state index in [9.17, 15) is 14.3 Å². The van der Waals surface area contributed by atoms with Crippen LogP contribution in [0.4, 0.5) is 4.39 Å². The molecule has 0 amide bonds. The lowest BCUT2D eigenvalue weighted by atomic mass is 10.0. The van der Waals surface area contributed by atoms with Crippen LogP contribution in [0.3, 0.4) is 0 Å². The summed E-state index contributed by atoms with van der Waals surface area (Å²) in [6, 6.07) is 7.82. The van der Waals surface area contributed by atoms with E-state index in [1.165, 1.54) is 12.1 Å². The smallest absolute Gasteiger partial charge is 0.323 e. The monoisotopic (exact) mass is 414 g/mol. The SMILES string of the molecule is O=c1[nH]c2cc(Br)c(C(O)c3cccc(F)c3Br)cc2[nH]1. The van der Waals surface area contributed by atoms with Crippen molar-refractivity contribution in [2.75, 3.05) is 0 Å². The van der Waals surface area contributed by atoms with Gasteiger partial charge in [0.2, 0.25) is 0 Å². The number of aromatic nitrogens is 2. The van der Waals surface area contributed by atoms with Crippen molar-refractivity contribution in [2.45, 2.75) is 6.10 Å². The van der Waals surface area contributed by atoms with Crippen molar-refractivity contribution in [2.24, 2.45) is 0 Å². The Morgan fingerprint density at radius 3 is 2.48 bits per heavy atom. The van der Waals surface area contributed by atoms with Crippen molar-refractivity contribution in [3.8, 4) is 0 Å². The summed E-state index contributed by atoms with van der Waals surface area (Å²) in [5.41, 5.74) is 1.82. The molecule has 4 nitrogen and oxygen atoms in total. The van der Waals surface area contributed by atoms with Crippen LogP contribution in [0.1, 0.15) is 17.2 Å². The summed E-state index contributed by atoms with van der Waals surface area (Å²) in [7, 11) is 0. The van der Waals surface area contributed by atoms with Crippen LogP contribution < -0.4 is 5.69 Å². The Labute approximate surface area is 135 Å². The molecule has 7 heteroatoms. The summed E-state index contributed by atoms with van der Waals surface area (Å²) < 4.78 is 14.4. The number of nitrogens with one attached hydrogen (secondary N) is 2. The molecule has 0 spiro atoms.